The number of hydrogen-bond acceptors (Lipinski definition) is 6. The predicted octanol–water partition coefficient (Wildman–Crippen LogP) is 3.23. The van der Waals surface area contributed by atoms with E-state index < -0.39 is 5.54 Å². The molecule has 3 aliphatic rings. The average Bonchev–Trinajstić information content (AvgIpc) is 3.46. The third-order valence-corrected chi connectivity index (χ3v) is 7.63. The largest absolute Gasteiger partial charge is 0.454 e. The number of piperidine rings is 1. The number of likely N-dealkylation sites (tertiary alicyclic amines) is 1. The van der Waals surface area contributed by atoms with Gasteiger partial charge in [-0.25, -0.2) is 4.79 Å². The van der Waals surface area contributed by atoms with Crippen LogP contribution in [0.4, 0.5) is 10.5 Å². The molecule has 0 bridgehead atoms. The molecule has 2 aromatic rings. The van der Waals surface area contributed by atoms with Crippen molar-refractivity contribution in [3.05, 3.63) is 53.6 Å². The topological polar surface area (TPSA) is 91.4 Å². The average molecular weight is 493 g/mol. The molecule has 5 rings (SSSR count). The van der Waals surface area contributed by atoms with Gasteiger partial charge in [0.25, 0.3) is 11.8 Å². The third kappa shape index (κ3) is 4.02. The monoisotopic (exact) mass is 492 g/mol. The summed E-state index contributed by atoms with van der Waals surface area (Å²) in [6.45, 7) is 3.36. The summed E-state index contributed by atoms with van der Waals surface area (Å²) in [6.07, 6.45) is 1.79. The Balaban J connectivity index is 1.28. The zero-order chi connectivity index (χ0) is 25.4. The second kappa shape index (κ2) is 9.37. The Morgan fingerprint density at radius 2 is 1.81 bits per heavy atom. The Morgan fingerprint density at radius 1 is 1.08 bits per heavy atom. The fourth-order valence-corrected chi connectivity index (χ4v) is 5.61. The molecule has 0 aliphatic carbocycles. The second-order valence-corrected chi connectivity index (χ2v) is 9.81. The van der Waals surface area contributed by atoms with E-state index in [0.29, 0.717) is 49.4 Å². The minimum atomic E-state index is -0.954. The second-order valence-electron chi connectivity index (χ2n) is 9.81. The smallest absolute Gasteiger partial charge is 0.325 e. The normalized spacial score (nSPS) is 21.6. The number of benzene rings is 2. The molecule has 36 heavy (non-hydrogen) atoms. The molecule has 2 saturated heterocycles. The van der Waals surface area contributed by atoms with E-state index in [1.54, 1.807) is 6.07 Å². The fourth-order valence-electron chi connectivity index (χ4n) is 5.61. The van der Waals surface area contributed by atoms with Gasteiger partial charge in [-0.1, -0.05) is 25.1 Å². The highest BCUT2D eigenvalue weighted by Gasteiger charge is 2.55. The molecule has 0 radical (unpaired) electrons. The van der Waals surface area contributed by atoms with Crippen molar-refractivity contribution in [1.82, 2.24) is 15.1 Å². The standard InChI is InChI=1S/C27H32N4O5/c1-4-27(19-11-13-30(14-12-19)24(32)20-7-5-6-8-21(20)29(2)3)25(33)31(26(34)28-27)16-18-9-10-22-23(15-18)36-17-35-22/h5-10,15,19H,4,11-14,16-17H2,1-3H3,(H,28,34). The zero-order valence-corrected chi connectivity index (χ0v) is 21.0. The minimum Gasteiger partial charge on any atom is -0.454 e. The van der Waals surface area contributed by atoms with E-state index in [9.17, 15) is 14.4 Å². The van der Waals surface area contributed by atoms with Crippen molar-refractivity contribution in [3.8, 4) is 11.5 Å². The summed E-state index contributed by atoms with van der Waals surface area (Å²) in [5.41, 5.74) is 1.40. The van der Waals surface area contributed by atoms with Gasteiger partial charge in [-0.3, -0.25) is 14.5 Å². The van der Waals surface area contributed by atoms with E-state index >= 15 is 0 Å². The Labute approximate surface area is 210 Å². The van der Waals surface area contributed by atoms with Crippen molar-refractivity contribution in [3.63, 3.8) is 0 Å². The lowest BCUT2D eigenvalue weighted by Gasteiger charge is -2.40. The number of anilines is 1. The van der Waals surface area contributed by atoms with Gasteiger partial charge in [-0.05, 0) is 55.0 Å². The molecule has 190 valence electrons. The van der Waals surface area contributed by atoms with Gasteiger partial charge in [-0.2, -0.15) is 0 Å². The summed E-state index contributed by atoms with van der Waals surface area (Å²) in [4.78, 5) is 45.0. The molecule has 1 unspecified atom stereocenters. The molecular weight excluding hydrogens is 460 g/mol. The van der Waals surface area contributed by atoms with Crippen LogP contribution in [-0.2, 0) is 11.3 Å². The molecule has 3 heterocycles. The summed E-state index contributed by atoms with van der Waals surface area (Å²) in [5.74, 6) is 1.03. The van der Waals surface area contributed by atoms with Crippen molar-refractivity contribution in [1.29, 1.82) is 0 Å². The number of fused-ring (bicyclic) bond motifs is 1. The summed E-state index contributed by atoms with van der Waals surface area (Å²) < 4.78 is 10.8. The van der Waals surface area contributed by atoms with Crippen LogP contribution >= 0.6 is 0 Å². The van der Waals surface area contributed by atoms with Crippen molar-refractivity contribution >= 4 is 23.5 Å². The maximum atomic E-state index is 13.7. The Kier molecular flexibility index (Phi) is 6.24. The number of para-hydroxylation sites is 1. The van der Waals surface area contributed by atoms with Gasteiger partial charge < -0.3 is 24.6 Å². The number of ether oxygens (including phenoxy) is 2. The molecule has 0 saturated carbocycles. The fraction of sp³-hybridized carbons (Fsp3) is 0.444. The number of rotatable bonds is 6. The van der Waals surface area contributed by atoms with Gasteiger partial charge in [0.2, 0.25) is 6.79 Å². The number of imide groups is 1. The summed E-state index contributed by atoms with van der Waals surface area (Å²) in [6, 6.07) is 12.7. The number of urea groups is 1. The molecule has 3 aliphatic heterocycles. The van der Waals surface area contributed by atoms with Crippen LogP contribution in [0.2, 0.25) is 0 Å². The molecule has 1 atom stereocenters. The molecule has 0 aromatic heterocycles. The first-order valence-corrected chi connectivity index (χ1v) is 12.4. The van der Waals surface area contributed by atoms with E-state index in [1.807, 2.05) is 67.2 Å². The predicted molar refractivity (Wildman–Crippen MR) is 134 cm³/mol. The van der Waals surface area contributed by atoms with Gasteiger partial charge in [0.1, 0.15) is 5.54 Å². The number of hydrogen-bond donors (Lipinski definition) is 1. The van der Waals surface area contributed by atoms with Crippen molar-refractivity contribution in [2.24, 2.45) is 5.92 Å². The van der Waals surface area contributed by atoms with Crippen LogP contribution in [0.5, 0.6) is 11.5 Å². The van der Waals surface area contributed by atoms with E-state index in [0.717, 1.165) is 11.3 Å². The number of nitrogens with zero attached hydrogens (tertiary/aromatic N) is 3. The Hall–Kier alpha value is -3.75. The molecule has 0 spiro atoms. The molecule has 1 N–H and O–H groups in total. The quantitative estimate of drug-likeness (QED) is 0.623. The van der Waals surface area contributed by atoms with Crippen LogP contribution in [-0.4, -0.2) is 67.2 Å². The SMILES string of the molecule is CCC1(C2CCN(C(=O)c3ccccc3N(C)C)CC2)NC(=O)N(Cc2ccc3c(c2)OCO3)C1=O. The first-order chi connectivity index (χ1) is 17.3. The minimum absolute atomic E-state index is 0.00508. The van der Waals surface area contributed by atoms with Crippen LogP contribution in [0.15, 0.2) is 42.5 Å². The van der Waals surface area contributed by atoms with Crippen molar-refractivity contribution in [2.45, 2.75) is 38.3 Å². The summed E-state index contributed by atoms with van der Waals surface area (Å²) in [5, 5.41) is 3.03. The first kappa shape index (κ1) is 24.0. The van der Waals surface area contributed by atoms with Gasteiger partial charge >= 0.3 is 6.03 Å². The van der Waals surface area contributed by atoms with Crippen LogP contribution in [0.1, 0.15) is 42.1 Å². The van der Waals surface area contributed by atoms with E-state index in [4.69, 9.17) is 9.47 Å². The molecule has 9 heteroatoms. The Morgan fingerprint density at radius 3 is 2.53 bits per heavy atom. The van der Waals surface area contributed by atoms with Crippen molar-refractivity contribution < 1.29 is 23.9 Å². The number of carbonyl (C=O) groups excluding carboxylic acids is 3. The highest BCUT2D eigenvalue weighted by Crippen LogP contribution is 2.38. The van der Waals surface area contributed by atoms with E-state index in [-0.39, 0.29) is 37.1 Å². The van der Waals surface area contributed by atoms with Crippen molar-refractivity contribution in [2.75, 3.05) is 38.9 Å². The lowest BCUT2D eigenvalue weighted by atomic mass is 9.75. The number of amides is 4. The van der Waals surface area contributed by atoms with Gasteiger partial charge in [-0.15, -0.1) is 0 Å². The Bertz CT molecular complexity index is 1190. The summed E-state index contributed by atoms with van der Waals surface area (Å²) >= 11 is 0. The van der Waals surface area contributed by atoms with Crippen LogP contribution in [0, 0.1) is 5.92 Å². The first-order valence-electron chi connectivity index (χ1n) is 12.4. The lowest BCUT2D eigenvalue weighted by Crippen LogP contribution is -2.56. The summed E-state index contributed by atoms with van der Waals surface area (Å²) in [7, 11) is 3.85. The maximum absolute atomic E-state index is 13.7. The highest BCUT2D eigenvalue weighted by molar-refractivity contribution is 6.07. The molecule has 2 fully saturated rings. The van der Waals surface area contributed by atoms with Crippen LogP contribution in [0.3, 0.4) is 0 Å². The van der Waals surface area contributed by atoms with Gasteiger partial charge in [0.05, 0.1) is 12.1 Å². The van der Waals surface area contributed by atoms with Crippen LogP contribution < -0.4 is 19.7 Å². The molecule has 2 aromatic carbocycles. The van der Waals surface area contributed by atoms with Crippen LogP contribution in [0.25, 0.3) is 0 Å². The molecule has 9 nitrogen and oxygen atoms in total. The van der Waals surface area contributed by atoms with Gasteiger partial charge in [0.15, 0.2) is 11.5 Å². The maximum Gasteiger partial charge on any atom is 0.325 e. The zero-order valence-electron chi connectivity index (χ0n) is 21.0. The lowest BCUT2D eigenvalue weighted by molar-refractivity contribution is -0.134. The molecule has 4 amide bonds. The number of nitrogens with one attached hydrogen (secondary N) is 1. The molecular formula is C27H32N4O5. The van der Waals surface area contributed by atoms with E-state index in [1.165, 1.54) is 4.90 Å². The van der Waals surface area contributed by atoms with E-state index in [2.05, 4.69) is 5.32 Å². The number of carbonyl (C=O) groups is 3. The van der Waals surface area contributed by atoms with Gasteiger partial charge in [0, 0.05) is 32.9 Å². The highest BCUT2D eigenvalue weighted by atomic mass is 16.7. The third-order valence-electron chi connectivity index (χ3n) is 7.63.